The SMILES string of the molecule is Cc1ccc(NCCn2ccnc2C)cc1C(F)(F)F. The van der Waals surface area contributed by atoms with E-state index in [9.17, 15) is 13.2 Å². The Kier molecular flexibility index (Phi) is 4.01. The Morgan fingerprint density at radius 1 is 1.25 bits per heavy atom. The van der Waals surface area contributed by atoms with Crippen LogP contribution >= 0.6 is 0 Å². The Morgan fingerprint density at radius 3 is 2.60 bits per heavy atom. The number of aryl methyl sites for hydroxylation is 2. The first-order valence-electron chi connectivity index (χ1n) is 6.27. The molecular weight excluding hydrogens is 267 g/mol. The summed E-state index contributed by atoms with van der Waals surface area (Å²) in [7, 11) is 0. The molecule has 0 radical (unpaired) electrons. The largest absolute Gasteiger partial charge is 0.416 e. The molecule has 108 valence electrons. The molecule has 0 aliphatic rings. The molecule has 1 aromatic heterocycles. The molecule has 20 heavy (non-hydrogen) atoms. The fraction of sp³-hybridized carbons (Fsp3) is 0.357. The third kappa shape index (κ3) is 3.31. The molecule has 2 aromatic rings. The van der Waals surface area contributed by atoms with E-state index < -0.39 is 11.7 Å². The second-order valence-corrected chi connectivity index (χ2v) is 4.62. The van der Waals surface area contributed by atoms with Crippen LogP contribution in [0.25, 0.3) is 0 Å². The van der Waals surface area contributed by atoms with E-state index in [0.717, 1.165) is 11.9 Å². The zero-order valence-corrected chi connectivity index (χ0v) is 11.3. The normalized spacial score (nSPS) is 11.7. The van der Waals surface area contributed by atoms with E-state index in [0.29, 0.717) is 18.8 Å². The molecule has 3 nitrogen and oxygen atoms in total. The van der Waals surface area contributed by atoms with Gasteiger partial charge >= 0.3 is 6.18 Å². The van der Waals surface area contributed by atoms with Gasteiger partial charge in [0.15, 0.2) is 0 Å². The van der Waals surface area contributed by atoms with E-state index in [1.807, 2.05) is 17.7 Å². The number of nitrogens with zero attached hydrogens (tertiary/aromatic N) is 2. The summed E-state index contributed by atoms with van der Waals surface area (Å²) in [4.78, 5) is 4.09. The van der Waals surface area contributed by atoms with Gasteiger partial charge in [-0.2, -0.15) is 13.2 Å². The molecule has 2 rings (SSSR count). The maximum absolute atomic E-state index is 12.8. The molecule has 0 atom stereocenters. The van der Waals surface area contributed by atoms with Gasteiger partial charge in [-0.3, -0.25) is 0 Å². The second-order valence-electron chi connectivity index (χ2n) is 4.62. The second kappa shape index (κ2) is 5.56. The quantitative estimate of drug-likeness (QED) is 0.928. The number of rotatable bonds is 4. The van der Waals surface area contributed by atoms with E-state index in [-0.39, 0.29) is 5.56 Å². The summed E-state index contributed by atoms with van der Waals surface area (Å²) >= 11 is 0. The van der Waals surface area contributed by atoms with Crippen LogP contribution in [0.5, 0.6) is 0 Å². The molecule has 1 aromatic carbocycles. The van der Waals surface area contributed by atoms with Crippen molar-refractivity contribution in [1.82, 2.24) is 9.55 Å². The summed E-state index contributed by atoms with van der Waals surface area (Å²) in [5.74, 6) is 0.881. The average Bonchev–Trinajstić information content (AvgIpc) is 2.76. The molecule has 6 heteroatoms. The fourth-order valence-corrected chi connectivity index (χ4v) is 2.00. The van der Waals surface area contributed by atoms with Crippen molar-refractivity contribution in [2.24, 2.45) is 0 Å². The van der Waals surface area contributed by atoms with Gasteiger partial charge in [0.2, 0.25) is 0 Å². The molecular formula is C14H16F3N3. The summed E-state index contributed by atoms with van der Waals surface area (Å²) in [6.45, 7) is 4.54. The van der Waals surface area contributed by atoms with Crippen LogP contribution in [0.2, 0.25) is 0 Å². The van der Waals surface area contributed by atoms with Gasteiger partial charge in [0.05, 0.1) is 5.56 Å². The summed E-state index contributed by atoms with van der Waals surface area (Å²) in [6, 6.07) is 4.29. The Morgan fingerprint density at radius 2 is 2.00 bits per heavy atom. The van der Waals surface area contributed by atoms with Crippen LogP contribution in [-0.4, -0.2) is 16.1 Å². The van der Waals surface area contributed by atoms with Gasteiger partial charge in [-0.15, -0.1) is 0 Å². The lowest BCUT2D eigenvalue weighted by Crippen LogP contribution is -2.13. The first-order chi connectivity index (χ1) is 9.38. The standard InChI is InChI=1S/C14H16F3N3/c1-10-3-4-12(9-13(10)14(15,16)17)19-6-8-20-7-5-18-11(20)2/h3-5,7,9,19H,6,8H2,1-2H3. The highest BCUT2D eigenvalue weighted by Crippen LogP contribution is 2.33. The minimum Gasteiger partial charge on any atom is -0.383 e. The number of benzene rings is 1. The predicted molar refractivity (Wildman–Crippen MR) is 71.6 cm³/mol. The van der Waals surface area contributed by atoms with E-state index in [1.54, 1.807) is 12.3 Å². The van der Waals surface area contributed by atoms with Gasteiger partial charge < -0.3 is 9.88 Å². The lowest BCUT2D eigenvalue weighted by Gasteiger charge is -2.13. The fourth-order valence-electron chi connectivity index (χ4n) is 2.00. The molecule has 0 unspecified atom stereocenters. The minimum absolute atomic E-state index is 0.230. The highest BCUT2D eigenvalue weighted by atomic mass is 19.4. The molecule has 0 amide bonds. The maximum Gasteiger partial charge on any atom is 0.416 e. The summed E-state index contributed by atoms with van der Waals surface area (Å²) in [5, 5.41) is 3.00. The van der Waals surface area contributed by atoms with Crippen LogP contribution in [0.1, 0.15) is 17.0 Å². The van der Waals surface area contributed by atoms with Gasteiger partial charge in [0.25, 0.3) is 0 Å². The molecule has 0 fully saturated rings. The van der Waals surface area contributed by atoms with Crippen molar-refractivity contribution in [3.63, 3.8) is 0 Å². The molecule has 1 heterocycles. The zero-order valence-electron chi connectivity index (χ0n) is 11.3. The number of imidazole rings is 1. The minimum atomic E-state index is -4.32. The van der Waals surface area contributed by atoms with Gasteiger partial charge in [-0.1, -0.05) is 6.07 Å². The molecule has 0 aliphatic carbocycles. The van der Waals surface area contributed by atoms with Crippen molar-refractivity contribution in [3.05, 3.63) is 47.5 Å². The topological polar surface area (TPSA) is 29.9 Å². The Hall–Kier alpha value is -1.98. The molecule has 0 saturated carbocycles. The summed E-state index contributed by atoms with van der Waals surface area (Å²) in [6.07, 6.45) is -0.779. The van der Waals surface area contributed by atoms with Crippen molar-refractivity contribution in [2.45, 2.75) is 26.6 Å². The molecule has 1 N–H and O–H groups in total. The summed E-state index contributed by atoms with van der Waals surface area (Å²) in [5.41, 5.74) is 0.107. The predicted octanol–water partition coefficient (Wildman–Crippen LogP) is 3.63. The van der Waals surface area contributed by atoms with Crippen LogP contribution in [0.4, 0.5) is 18.9 Å². The molecule has 0 saturated heterocycles. The van der Waals surface area contributed by atoms with Crippen molar-refractivity contribution < 1.29 is 13.2 Å². The van der Waals surface area contributed by atoms with E-state index in [1.165, 1.54) is 13.0 Å². The van der Waals surface area contributed by atoms with E-state index in [4.69, 9.17) is 0 Å². The molecule has 0 spiro atoms. The van der Waals surface area contributed by atoms with Crippen LogP contribution in [0.3, 0.4) is 0 Å². The van der Waals surface area contributed by atoms with Crippen LogP contribution in [0.15, 0.2) is 30.6 Å². The average molecular weight is 283 g/mol. The first kappa shape index (κ1) is 14.4. The summed E-state index contributed by atoms with van der Waals surface area (Å²) < 4.78 is 40.3. The van der Waals surface area contributed by atoms with Gasteiger partial charge in [0.1, 0.15) is 5.82 Å². The van der Waals surface area contributed by atoms with Gasteiger partial charge in [-0.05, 0) is 31.5 Å². The van der Waals surface area contributed by atoms with Crippen LogP contribution in [-0.2, 0) is 12.7 Å². The molecule has 0 aliphatic heterocycles. The Bertz CT molecular complexity index is 588. The third-order valence-corrected chi connectivity index (χ3v) is 3.15. The smallest absolute Gasteiger partial charge is 0.383 e. The van der Waals surface area contributed by atoms with Crippen molar-refractivity contribution in [2.75, 3.05) is 11.9 Å². The third-order valence-electron chi connectivity index (χ3n) is 3.15. The maximum atomic E-state index is 12.8. The number of anilines is 1. The first-order valence-corrected chi connectivity index (χ1v) is 6.27. The number of aromatic nitrogens is 2. The van der Waals surface area contributed by atoms with Gasteiger partial charge in [0, 0.05) is 31.2 Å². The number of hydrogen-bond donors (Lipinski definition) is 1. The van der Waals surface area contributed by atoms with Crippen molar-refractivity contribution >= 4 is 5.69 Å². The van der Waals surface area contributed by atoms with Crippen LogP contribution < -0.4 is 5.32 Å². The lowest BCUT2D eigenvalue weighted by atomic mass is 10.1. The number of hydrogen-bond acceptors (Lipinski definition) is 2. The number of halogens is 3. The Balaban J connectivity index is 2.02. The zero-order chi connectivity index (χ0) is 14.8. The highest BCUT2D eigenvalue weighted by molar-refractivity contribution is 5.49. The number of nitrogens with one attached hydrogen (secondary N) is 1. The van der Waals surface area contributed by atoms with Crippen molar-refractivity contribution in [1.29, 1.82) is 0 Å². The van der Waals surface area contributed by atoms with E-state index >= 15 is 0 Å². The van der Waals surface area contributed by atoms with E-state index in [2.05, 4.69) is 10.3 Å². The Labute approximate surface area is 115 Å². The highest BCUT2D eigenvalue weighted by Gasteiger charge is 2.32. The van der Waals surface area contributed by atoms with Crippen molar-refractivity contribution in [3.8, 4) is 0 Å². The number of alkyl halides is 3. The van der Waals surface area contributed by atoms with Gasteiger partial charge in [-0.25, -0.2) is 4.98 Å². The lowest BCUT2D eigenvalue weighted by molar-refractivity contribution is -0.138. The van der Waals surface area contributed by atoms with Crippen LogP contribution in [0, 0.1) is 13.8 Å². The monoisotopic (exact) mass is 283 g/mol. The molecule has 0 bridgehead atoms.